The van der Waals surface area contributed by atoms with E-state index in [1.807, 2.05) is 11.8 Å². The minimum absolute atomic E-state index is 0.788. The number of hydrogen-bond donors (Lipinski definition) is 1. The fourth-order valence-corrected chi connectivity index (χ4v) is 1.73. The summed E-state index contributed by atoms with van der Waals surface area (Å²) in [6, 6.07) is 0. The van der Waals surface area contributed by atoms with Crippen molar-refractivity contribution in [2.45, 2.75) is 39.5 Å². The fraction of sp³-hybridized carbons (Fsp3) is 1.00. The standard InChI is InChI=1S/C11H25NS/c1-11(2)10-12-8-6-4-5-7-9-13-3/h11-12H,4-10H2,1-3H3. The van der Waals surface area contributed by atoms with Crippen LogP contribution in [-0.2, 0) is 0 Å². The largest absolute Gasteiger partial charge is 0.316 e. The molecule has 13 heavy (non-hydrogen) atoms. The molecule has 0 aliphatic rings. The topological polar surface area (TPSA) is 12.0 Å². The molecule has 0 unspecified atom stereocenters. The van der Waals surface area contributed by atoms with Crippen LogP contribution in [0.5, 0.6) is 0 Å². The summed E-state index contributed by atoms with van der Waals surface area (Å²) in [5.74, 6) is 2.12. The van der Waals surface area contributed by atoms with Crippen LogP contribution in [0.25, 0.3) is 0 Å². The Bertz CT molecular complexity index is 94.1. The first-order valence-corrected chi connectivity index (χ1v) is 6.86. The number of thioether (sulfide) groups is 1. The maximum absolute atomic E-state index is 3.47. The monoisotopic (exact) mass is 203 g/mol. The van der Waals surface area contributed by atoms with E-state index in [1.54, 1.807) is 0 Å². The average molecular weight is 203 g/mol. The van der Waals surface area contributed by atoms with Gasteiger partial charge in [-0.1, -0.05) is 26.7 Å². The Morgan fingerprint density at radius 2 is 1.77 bits per heavy atom. The molecule has 0 spiro atoms. The molecule has 0 aromatic heterocycles. The third-order valence-corrected chi connectivity index (χ3v) is 2.70. The number of unbranched alkanes of at least 4 members (excludes halogenated alkanes) is 3. The lowest BCUT2D eigenvalue weighted by atomic mass is 10.2. The Balaban J connectivity index is 2.84. The van der Waals surface area contributed by atoms with Crippen LogP contribution in [0.4, 0.5) is 0 Å². The van der Waals surface area contributed by atoms with E-state index in [9.17, 15) is 0 Å². The summed E-state index contributed by atoms with van der Waals surface area (Å²) in [5, 5.41) is 3.47. The van der Waals surface area contributed by atoms with E-state index in [0.29, 0.717) is 0 Å². The molecule has 0 aromatic rings. The van der Waals surface area contributed by atoms with Gasteiger partial charge in [0.1, 0.15) is 0 Å². The van der Waals surface area contributed by atoms with E-state index in [0.717, 1.165) is 5.92 Å². The molecule has 1 nitrogen and oxygen atoms in total. The molecular formula is C11H25NS. The number of nitrogens with one attached hydrogen (secondary N) is 1. The van der Waals surface area contributed by atoms with E-state index in [1.165, 1.54) is 44.5 Å². The van der Waals surface area contributed by atoms with E-state index < -0.39 is 0 Å². The molecule has 0 heterocycles. The van der Waals surface area contributed by atoms with Gasteiger partial charge >= 0.3 is 0 Å². The highest BCUT2D eigenvalue weighted by molar-refractivity contribution is 7.98. The average Bonchev–Trinajstić information content (AvgIpc) is 2.09. The highest BCUT2D eigenvalue weighted by atomic mass is 32.2. The van der Waals surface area contributed by atoms with E-state index in [4.69, 9.17) is 0 Å². The Morgan fingerprint density at radius 1 is 1.08 bits per heavy atom. The van der Waals surface area contributed by atoms with Crippen molar-refractivity contribution in [1.29, 1.82) is 0 Å². The summed E-state index contributed by atoms with van der Waals surface area (Å²) in [4.78, 5) is 0. The third-order valence-electron chi connectivity index (χ3n) is 2.00. The van der Waals surface area contributed by atoms with Crippen molar-refractivity contribution >= 4 is 11.8 Å². The SMILES string of the molecule is CSCCCCCCNCC(C)C. The minimum Gasteiger partial charge on any atom is -0.316 e. The van der Waals surface area contributed by atoms with Gasteiger partial charge in [0.15, 0.2) is 0 Å². The summed E-state index contributed by atoms with van der Waals surface area (Å²) >= 11 is 1.96. The van der Waals surface area contributed by atoms with E-state index in [-0.39, 0.29) is 0 Å². The quantitative estimate of drug-likeness (QED) is 0.578. The predicted molar refractivity (Wildman–Crippen MR) is 64.6 cm³/mol. The van der Waals surface area contributed by atoms with E-state index >= 15 is 0 Å². The zero-order valence-electron chi connectivity index (χ0n) is 9.44. The van der Waals surface area contributed by atoms with Gasteiger partial charge in [-0.25, -0.2) is 0 Å². The summed E-state index contributed by atoms with van der Waals surface area (Å²) in [5.41, 5.74) is 0. The lowest BCUT2D eigenvalue weighted by Gasteiger charge is -2.06. The molecule has 0 aromatic carbocycles. The highest BCUT2D eigenvalue weighted by Gasteiger charge is 1.92. The Labute approximate surface area is 88.1 Å². The summed E-state index contributed by atoms with van der Waals surface area (Å²) in [7, 11) is 0. The van der Waals surface area contributed by atoms with Crippen molar-refractivity contribution < 1.29 is 0 Å². The molecule has 0 fully saturated rings. The second-order valence-corrected chi connectivity index (χ2v) is 4.99. The fourth-order valence-electron chi connectivity index (χ4n) is 1.24. The van der Waals surface area contributed by atoms with Crippen molar-refractivity contribution in [3.05, 3.63) is 0 Å². The maximum atomic E-state index is 3.47. The molecular weight excluding hydrogens is 178 g/mol. The van der Waals surface area contributed by atoms with Gasteiger partial charge in [0, 0.05) is 0 Å². The zero-order chi connectivity index (χ0) is 9.94. The van der Waals surface area contributed by atoms with Crippen LogP contribution in [0.15, 0.2) is 0 Å². The van der Waals surface area contributed by atoms with Gasteiger partial charge in [0.05, 0.1) is 0 Å². The lowest BCUT2D eigenvalue weighted by Crippen LogP contribution is -2.20. The zero-order valence-corrected chi connectivity index (χ0v) is 10.3. The van der Waals surface area contributed by atoms with Gasteiger partial charge < -0.3 is 5.32 Å². The summed E-state index contributed by atoms with van der Waals surface area (Å²) in [6.45, 7) is 6.89. The van der Waals surface area contributed by atoms with Gasteiger partial charge in [-0.2, -0.15) is 11.8 Å². The number of hydrogen-bond acceptors (Lipinski definition) is 2. The second-order valence-electron chi connectivity index (χ2n) is 4.00. The Hall–Kier alpha value is 0.310. The van der Waals surface area contributed by atoms with Gasteiger partial charge in [-0.05, 0) is 43.9 Å². The van der Waals surface area contributed by atoms with Crippen LogP contribution in [0.2, 0.25) is 0 Å². The second kappa shape index (κ2) is 10.4. The third kappa shape index (κ3) is 12.3. The maximum Gasteiger partial charge on any atom is -0.00258 e. The van der Waals surface area contributed by atoms with Gasteiger partial charge in [-0.15, -0.1) is 0 Å². The Kier molecular flexibility index (Phi) is 10.6. The molecule has 0 aliphatic heterocycles. The van der Waals surface area contributed by atoms with Gasteiger partial charge in [-0.3, -0.25) is 0 Å². The van der Waals surface area contributed by atoms with Gasteiger partial charge in [0.25, 0.3) is 0 Å². The Morgan fingerprint density at radius 3 is 2.38 bits per heavy atom. The van der Waals surface area contributed by atoms with Crippen LogP contribution >= 0.6 is 11.8 Å². The molecule has 0 aliphatic carbocycles. The highest BCUT2D eigenvalue weighted by Crippen LogP contribution is 2.03. The summed E-state index contributed by atoms with van der Waals surface area (Å²) < 4.78 is 0. The van der Waals surface area contributed by atoms with Crippen LogP contribution in [-0.4, -0.2) is 25.1 Å². The van der Waals surface area contributed by atoms with Crippen molar-refractivity contribution in [1.82, 2.24) is 5.32 Å². The first-order valence-electron chi connectivity index (χ1n) is 5.47. The van der Waals surface area contributed by atoms with Crippen molar-refractivity contribution in [2.75, 3.05) is 25.1 Å². The smallest absolute Gasteiger partial charge is 0.00258 e. The summed E-state index contributed by atoms with van der Waals surface area (Å²) in [6.07, 6.45) is 7.73. The van der Waals surface area contributed by atoms with Crippen LogP contribution < -0.4 is 5.32 Å². The first-order chi connectivity index (χ1) is 6.27. The first kappa shape index (κ1) is 13.3. The van der Waals surface area contributed by atoms with Gasteiger partial charge in [0.2, 0.25) is 0 Å². The molecule has 1 N–H and O–H groups in total. The van der Waals surface area contributed by atoms with Crippen LogP contribution in [0.1, 0.15) is 39.5 Å². The van der Waals surface area contributed by atoms with Crippen molar-refractivity contribution in [2.24, 2.45) is 5.92 Å². The minimum atomic E-state index is 0.788. The molecule has 0 radical (unpaired) electrons. The van der Waals surface area contributed by atoms with Crippen molar-refractivity contribution in [3.8, 4) is 0 Å². The van der Waals surface area contributed by atoms with E-state index in [2.05, 4.69) is 25.4 Å². The molecule has 2 heteroatoms. The predicted octanol–water partition coefficient (Wildman–Crippen LogP) is 3.16. The molecule has 0 saturated carbocycles. The van der Waals surface area contributed by atoms with Crippen LogP contribution in [0.3, 0.4) is 0 Å². The lowest BCUT2D eigenvalue weighted by molar-refractivity contribution is 0.529. The molecule has 0 bridgehead atoms. The molecule has 80 valence electrons. The molecule has 0 saturated heterocycles. The molecule has 0 amide bonds. The van der Waals surface area contributed by atoms with Crippen LogP contribution in [0, 0.1) is 5.92 Å². The molecule has 0 atom stereocenters. The molecule has 0 rings (SSSR count). The number of rotatable bonds is 9. The van der Waals surface area contributed by atoms with Crippen molar-refractivity contribution in [3.63, 3.8) is 0 Å². The normalized spacial score (nSPS) is 11.1.